The third-order valence-electron chi connectivity index (χ3n) is 3.05. The van der Waals surface area contributed by atoms with E-state index in [-0.39, 0.29) is 5.75 Å². The monoisotopic (exact) mass is 321 g/mol. The third-order valence-corrected chi connectivity index (χ3v) is 4.06. The molecule has 0 aliphatic heterocycles. The molecule has 1 aromatic carbocycles. The molecule has 2 aromatic rings. The Labute approximate surface area is 133 Å². The van der Waals surface area contributed by atoms with Crippen molar-refractivity contribution >= 4 is 17.7 Å². The summed E-state index contributed by atoms with van der Waals surface area (Å²) in [7, 11) is 1.85. The first kappa shape index (κ1) is 16.4. The van der Waals surface area contributed by atoms with E-state index in [1.54, 1.807) is 0 Å². The number of hydrogen-bond donors (Lipinski definition) is 1. The fourth-order valence-electron chi connectivity index (χ4n) is 1.94. The van der Waals surface area contributed by atoms with Gasteiger partial charge in [0, 0.05) is 13.5 Å². The molecule has 2 rings (SSSR count). The minimum atomic E-state index is -0.860. The summed E-state index contributed by atoms with van der Waals surface area (Å²) in [5, 5.41) is 17.4. The molecule has 0 fully saturated rings. The van der Waals surface area contributed by atoms with Gasteiger partial charge in [-0.25, -0.2) is 0 Å². The largest absolute Gasteiger partial charge is 0.494 e. The van der Waals surface area contributed by atoms with E-state index in [1.165, 1.54) is 17.3 Å². The second kappa shape index (κ2) is 7.84. The maximum atomic E-state index is 10.6. The Morgan fingerprint density at radius 1 is 1.41 bits per heavy atom. The van der Waals surface area contributed by atoms with Crippen LogP contribution in [0, 0.1) is 6.92 Å². The summed E-state index contributed by atoms with van der Waals surface area (Å²) in [4.78, 5) is 10.6. The molecular formula is C15H19N3O3S. The average Bonchev–Trinajstić information content (AvgIpc) is 2.82. The van der Waals surface area contributed by atoms with Gasteiger partial charge in [-0.05, 0) is 31.0 Å². The zero-order chi connectivity index (χ0) is 15.9. The molecule has 0 amide bonds. The molecule has 0 saturated carbocycles. The van der Waals surface area contributed by atoms with Gasteiger partial charge in [-0.3, -0.25) is 4.79 Å². The average molecular weight is 321 g/mol. The number of carboxylic acids is 1. The van der Waals surface area contributed by atoms with Crippen molar-refractivity contribution in [1.82, 2.24) is 14.8 Å². The van der Waals surface area contributed by atoms with Crippen LogP contribution in [0.1, 0.15) is 17.8 Å². The fourth-order valence-corrected chi connectivity index (χ4v) is 2.59. The van der Waals surface area contributed by atoms with E-state index in [0.717, 1.165) is 24.4 Å². The zero-order valence-electron chi connectivity index (χ0n) is 12.7. The van der Waals surface area contributed by atoms with Crippen LogP contribution in [0.15, 0.2) is 29.4 Å². The Kier molecular flexibility index (Phi) is 5.83. The number of nitrogens with zero attached hydrogens (tertiary/aromatic N) is 3. The number of aromatic nitrogens is 3. The summed E-state index contributed by atoms with van der Waals surface area (Å²) in [6, 6.07) is 7.95. The van der Waals surface area contributed by atoms with Crippen molar-refractivity contribution in [3.05, 3.63) is 35.7 Å². The second-order valence-electron chi connectivity index (χ2n) is 4.91. The van der Waals surface area contributed by atoms with E-state index in [0.29, 0.717) is 11.8 Å². The highest BCUT2D eigenvalue weighted by molar-refractivity contribution is 7.99. The van der Waals surface area contributed by atoms with Crippen LogP contribution in [-0.2, 0) is 18.3 Å². The molecule has 6 nitrogen and oxygen atoms in total. The highest BCUT2D eigenvalue weighted by atomic mass is 32.2. The molecular weight excluding hydrogens is 302 g/mol. The van der Waals surface area contributed by atoms with Crippen molar-refractivity contribution in [3.8, 4) is 5.75 Å². The van der Waals surface area contributed by atoms with E-state index in [4.69, 9.17) is 9.84 Å². The lowest BCUT2D eigenvalue weighted by atomic mass is 10.2. The standard InChI is InChI=1S/C15H19N3O3S/c1-11-5-3-6-12(9-11)21-8-4-7-13-16-17-15(18(13)2)22-10-14(19)20/h3,5-6,9H,4,7-8,10H2,1-2H3,(H,19,20). The van der Waals surface area contributed by atoms with Crippen molar-refractivity contribution in [2.24, 2.45) is 7.05 Å². The van der Waals surface area contributed by atoms with Crippen molar-refractivity contribution in [3.63, 3.8) is 0 Å². The van der Waals surface area contributed by atoms with Gasteiger partial charge >= 0.3 is 5.97 Å². The molecule has 0 spiro atoms. The van der Waals surface area contributed by atoms with Crippen LogP contribution in [0.5, 0.6) is 5.75 Å². The molecule has 22 heavy (non-hydrogen) atoms. The van der Waals surface area contributed by atoms with Crippen LogP contribution in [0.3, 0.4) is 0 Å². The van der Waals surface area contributed by atoms with E-state index < -0.39 is 5.97 Å². The number of aliphatic carboxylic acids is 1. The SMILES string of the molecule is Cc1cccc(OCCCc2nnc(SCC(=O)O)n2C)c1. The maximum Gasteiger partial charge on any atom is 0.313 e. The predicted octanol–water partition coefficient (Wildman–Crippen LogP) is 2.31. The van der Waals surface area contributed by atoms with E-state index in [1.807, 2.05) is 42.8 Å². The van der Waals surface area contributed by atoms with Crippen LogP contribution in [-0.4, -0.2) is 38.2 Å². The van der Waals surface area contributed by atoms with Gasteiger partial charge in [0.1, 0.15) is 11.6 Å². The summed E-state index contributed by atoms with van der Waals surface area (Å²) in [5.41, 5.74) is 1.17. The molecule has 1 aromatic heterocycles. The number of thioether (sulfide) groups is 1. The number of rotatable bonds is 8. The summed E-state index contributed by atoms with van der Waals surface area (Å²) >= 11 is 1.17. The van der Waals surface area contributed by atoms with Gasteiger partial charge in [0.05, 0.1) is 12.4 Å². The lowest BCUT2D eigenvalue weighted by Crippen LogP contribution is -2.05. The molecule has 0 atom stereocenters. The topological polar surface area (TPSA) is 77.2 Å². The summed E-state index contributed by atoms with van der Waals surface area (Å²) in [6.07, 6.45) is 1.56. The first-order valence-electron chi connectivity index (χ1n) is 6.98. The Bertz CT molecular complexity index is 643. The van der Waals surface area contributed by atoms with Crippen LogP contribution < -0.4 is 4.74 Å². The molecule has 0 unspecified atom stereocenters. The van der Waals surface area contributed by atoms with Gasteiger partial charge in [0.15, 0.2) is 5.16 Å². The van der Waals surface area contributed by atoms with Gasteiger partial charge < -0.3 is 14.4 Å². The molecule has 1 heterocycles. The summed E-state index contributed by atoms with van der Waals surface area (Å²) in [5.74, 6) is 0.833. The minimum Gasteiger partial charge on any atom is -0.494 e. The lowest BCUT2D eigenvalue weighted by Gasteiger charge is -2.07. The first-order valence-corrected chi connectivity index (χ1v) is 7.97. The van der Waals surface area contributed by atoms with Gasteiger partial charge in [0.2, 0.25) is 0 Å². The van der Waals surface area contributed by atoms with Gasteiger partial charge in [-0.15, -0.1) is 10.2 Å². The number of hydrogen-bond acceptors (Lipinski definition) is 5. The van der Waals surface area contributed by atoms with Crippen molar-refractivity contribution in [1.29, 1.82) is 0 Å². The van der Waals surface area contributed by atoms with Crippen LogP contribution in [0.2, 0.25) is 0 Å². The first-order chi connectivity index (χ1) is 10.6. The van der Waals surface area contributed by atoms with Crippen molar-refractivity contribution < 1.29 is 14.6 Å². The summed E-state index contributed by atoms with van der Waals surface area (Å²) < 4.78 is 7.53. The molecule has 0 aliphatic rings. The summed E-state index contributed by atoms with van der Waals surface area (Å²) in [6.45, 7) is 2.64. The predicted molar refractivity (Wildman–Crippen MR) is 84.4 cm³/mol. The molecule has 7 heteroatoms. The normalized spacial score (nSPS) is 10.6. The molecule has 0 saturated heterocycles. The molecule has 118 valence electrons. The Balaban J connectivity index is 1.78. The number of ether oxygens (including phenoxy) is 1. The molecule has 0 bridgehead atoms. The Morgan fingerprint density at radius 3 is 2.95 bits per heavy atom. The van der Waals surface area contributed by atoms with Crippen LogP contribution in [0.25, 0.3) is 0 Å². The highest BCUT2D eigenvalue weighted by Gasteiger charge is 2.10. The fraction of sp³-hybridized carbons (Fsp3) is 0.400. The lowest BCUT2D eigenvalue weighted by molar-refractivity contribution is -0.133. The Morgan fingerprint density at radius 2 is 2.23 bits per heavy atom. The maximum absolute atomic E-state index is 10.6. The minimum absolute atomic E-state index is 0.0115. The Hall–Kier alpha value is -2.02. The third kappa shape index (κ3) is 4.77. The van der Waals surface area contributed by atoms with Crippen molar-refractivity contribution in [2.75, 3.05) is 12.4 Å². The quantitative estimate of drug-likeness (QED) is 0.594. The van der Waals surface area contributed by atoms with E-state index in [9.17, 15) is 4.79 Å². The molecule has 0 radical (unpaired) electrons. The zero-order valence-corrected chi connectivity index (χ0v) is 13.5. The smallest absolute Gasteiger partial charge is 0.313 e. The van der Waals surface area contributed by atoms with Crippen molar-refractivity contribution in [2.45, 2.75) is 24.9 Å². The number of carboxylic acid groups (broad SMARTS) is 1. The van der Waals surface area contributed by atoms with E-state index >= 15 is 0 Å². The highest BCUT2D eigenvalue weighted by Crippen LogP contribution is 2.16. The van der Waals surface area contributed by atoms with Crippen LogP contribution in [0.4, 0.5) is 0 Å². The van der Waals surface area contributed by atoms with Gasteiger partial charge in [-0.1, -0.05) is 23.9 Å². The number of aryl methyl sites for hydroxylation is 2. The van der Waals surface area contributed by atoms with Gasteiger partial charge in [-0.2, -0.15) is 0 Å². The molecule has 0 aliphatic carbocycles. The second-order valence-corrected chi connectivity index (χ2v) is 5.85. The number of carbonyl (C=O) groups is 1. The van der Waals surface area contributed by atoms with Crippen LogP contribution >= 0.6 is 11.8 Å². The van der Waals surface area contributed by atoms with E-state index in [2.05, 4.69) is 10.2 Å². The van der Waals surface area contributed by atoms with Gasteiger partial charge in [0.25, 0.3) is 0 Å². The number of benzene rings is 1. The molecule has 1 N–H and O–H groups in total.